The van der Waals surface area contributed by atoms with Gasteiger partial charge in [-0.05, 0) is 18.2 Å². The maximum atomic E-state index is 12.4. The average Bonchev–Trinajstić information content (AvgIpc) is 2.48. The fourth-order valence-electron chi connectivity index (χ4n) is 1.98. The van der Waals surface area contributed by atoms with Crippen LogP contribution in [0.5, 0.6) is 11.5 Å². The van der Waals surface area contributed by atoms with Crippen LogP contribution in [0, 0.1) is 5.21 Å². The smallest absolute Gasteiger partial charge is 0.200 e. The zero-order valence-electron chi connectivity index (χ0n) is 11.3. The van der Waals surface area contributed by atoms with Gasteiger partial charge in [-0.25, -0.2) is 0 Å². The molecule has 0 atom stereocenters. The second kappa shape index (κ2) is 6.06. The molecule has 0 saturated carbocycles. The average molecular weight is 273 g/mol. The fourth-order valence-corrected chi connectivity index (χ4v) is 1.98. The normalized spacial score (nSPS) is 10.1. The molecule has 1 aromatic carbocycles. The van der Waals surface area contributed by atoms with Crippen LogP contribution >= 0.6 is 0 Å². The van der Waals surface area contributed by atoms with Crippen LogP contribution in [0.2, 0.25) is 0 Å². The number of rotatable bonds is 5. The van der Waals surface area contributed by atoms with E-state index in [1.54, 1.807) is 36.4 Å². The van der Waals surface area contributed by atoms with Gasteiger partial charge in [0, 0.05) is 12.1 Å². The third-order valence-corrected chi connectivity index (χ3v) is 2.95. The van der Waals surface area contributed by atoms with Gasteiger partial charge < -0.3 is 14.7 Å². The van der Waals surface area contributed by atoms with Crippen LogP contribution in [0.15, 0.2) is 42.6 Å². The van der Waals surface area contributed by atoms with Crippen LogP contribution in [0.25, 0.3) is 0 Å². The molecule has 1 aromatic heterocycles. The molecule has 5 nitrogen and oxygen atoms in total. The Kier molecular flexibility index (Phi) is 4.20. The first-order valence-corrected chi connectivity index (χ1v) is 6.08. The van der Waals surface area contributed by atoms with E-state index in [0.717, 1.165) is 0 Å². The number of aromatic nitrogens is 1. The molecule has 5 heteroatoms. The molecule has 2 aromatic rings. The number of hydrogen-bond acceptors (Lipinski definition) is 4. The van der Waals surface area contributed by atoms with Gasteiger partial charge in [-0.1, -0.05) is 6.07 Å². The number of hydrogen-bond donors (Lipinski definition) is 0. The van der Waals surface area contributed by atoms with E-state index in [1.165, 1.54) is 20.4 Å². The number of methoxy groups -OCH3 is 2. The minimum atomic E-state index is -0.227. The highest BCUT2D eigenvalue weighted by Crippen LogP contribution is 2.29. The molecular weight excluding hydrogens is 258 g/mol. The number of pyridine rings is 1. The van der Waals surface area contributed by atoms with Gasteiger partial charge in [-0.3, -0.25) is 4.79 Å². The van der Waals surface area contributed by atoms with Crippen molar-refractivity contribution >= 4 is 5.78 Å². The maximum Gasteiger partial charge on any atom is 0.200 e. The molecule has 0 N–H and O–H groups in total. The lowest BCUT2D eigenvalue weighted by Gasteiger charge is -2.11. The van der Waals surface area contributed by atoms with E-state index in [2.05, 4.69) is 0 Å². The largest absolute Gasteiger partial charge is 0.618 e. The van der Waals surface area contributed by atoms with E-state index in [4.69, 9.17) is 9.47 Å². The summed E-state index contributed by atoms with van der Waals surface area (Å²) >= 11 is 0. The minimum Gasteiger partial charge on any atom is -0.618 e. The third kappa shape index (κ3) is 2.71. The van der Waals surface area contributed by atoms with Crippen LogP contribution in [0.4, 0.5) is 0 Å². The van der Waals surface area contributed by atoms with E-state index in [-0.39, 0.29) is 12.2 Å². The van der Waals surface area contributed by atoms with Crippen molar-refractivity contribution in [2.24, 2.45) is 0 Å². The number of benzene rings is 1. The fraction of sp³-hybridized carbons (Fsp3) is 0.200. The molecule has 0 unspecified atom stereocenters. The molecule has 0 radical (unpaired) electrons. The molecule has 0 bridgehead atoms. The van der Waals surface area contributed by atoms with Crippen molar-refractivity contribution in [3.8, 4) is 11.5 Å². The van der Waals surface area contributed by atoms with E-state index >= 15 is 0 Å². The molecule has 0 amide bonds. The Labute approximate surface area is 117 Å². The molecule has 0 fully saturated rings. The van der Waals surface area contributed by atoms with Gasteiger partial charge in [-0.2, -0.15) is 4.73 Å². The van der Waals surface area contributed by atoms with Crippen molar-refractivity contribution in [3.05, 3.63) is 59.1 Å². The lowest BCUT2D eigenvalue weighted by Crippen LogP contribution is -2.32. The monoisotopic (exact) mass is 273 g/mol. The first-order valence-electron chi connectivity index (χ1n) is 6.08. The van der Waals surface area contributed by atoms with Gasteiger partial charge in [0.15, 0.2) is 12.0 Å². The Morgan fingerprint density at radius 1 is 1.10 bits per heavy atom. The van der Waals surface area contributed by atoms with Crippen molar-refractivity contribution < 1.29 is 19.0 Å². The minimum absolute atomic E-state index is 0.0128. The van der Waals surface area contributed by atoms with E-state index in [0.29, 0.717) is 27.5 Å². The number of ketones is 1. The summed E-state index contributed by atoms with van der Waals surface area (Å²) in [6.07, 6.45) is 1.35. The van der Waals surface area contributed by atoms with Crippen molar-refractivity contribution in [3.63, 3.8) is 0 Å². The summed E-state index contributed by atoms with van der Waals surface area (Å²) < 4.78 is 11.1. The van der Waals surface area contributed by atoms with Crippen LogP contribution in [-0.4, -0.2) is 20.0 Å². The van der Waals surface area contributed by atoms with Gasteiger partial charge >= 0.3 is 0 Å². The van der Waals surface area contributed by atoms with E-state index in [9.17, 15) is 10.0 Å². The van der Waals surface area contributed by atoms with Gasteiger partial charge in [0.2, 0.25) is 5.69 Å². The van der Waals surface area contributed by atoms with Crippen molar-refractivity contribution in [1.82, 2.24) is 0 Å². The Morgan fingerprint density at radius 3 is 2.30 bits per heavy atom. The Balaban J connectivity index is 2.36. The zero-order chi connectivity index (χ0) is 14.5. The summed E-state index contributed by atoms with van der Waals surface area (Å²) in [6, 6.07) is 10.1. The van der Waals surface area contributed by atoms with Crippen molar-refractivity contribution in [2.75, 3.05) is 14.2 Å². The molecule has 0 spiro atoms. The summed E-state index contributed by atoms with van der Waals surface area (Å²) in [5.74, 6) is 0.639. The summed E-state index contributed by atoms with van der Waals surface area (Å²) in [5.41, 5.74) is 0.729. The predicted molar refractivity (Wildman–Crippen MR) is 73.0 cm³/mol. The highest BCUT2D eigenvalue weighted by atomic mass is 16.5. The lowest BCUT2D eigenvalue weighted by atomic mass is 10.0. The van der Waals surface area contributed by atoms with E-state index in [1.807, 2.05) is 0 Å². The standard InChI is InChI=1S/C15H15NO4/c1-19-13-7-5-8-14(20-2)15(13)12(17)10-11-6-3-4-9-16(11)18/h3-9H,10H2,1-2H3. The van der Waals surface area contributed by atoms with Crippen molar-refractivity contribution in [1.29, 1.82) is 0 Å². The molecule has 20 heavy (non-hydrogen) atoms. The van der Waals surface area contributed by atoms with Crippen LogP contribution in [0.1, 0.15) is 16.1 Å². The zero-order valence-corrected chi connectivity index (χ0v) is 11.3. The van der Waals surface area contributed by atoms with E-state index < -0.39 is 0 Å². The molecule has 0 aliphatic rings. The SMILES string of the molecule is COc1cccc(OC)c1C(=O)Cc1cccc[n+]1[O-]. The number of carbonyl (C=O) groups excluding carboxylic acids is 1. The second-order valence-electron chi connectivity index (χ2n) is 4.16. The molecule has 1 heterocycles. The lowest BCUT2D eigenvalue weighted by molar-refractivity contribution is -0.613. The van der Waals surface area contributed by atoms with Crippen LogP contribution < -0.4 is 14.2 Å². The third-order valence-electron chi connectivity index (χ3n) is 2.95. The summed E-state index contributed by atoms with van der Waals surface area (Å²) in [4.78, 5) is 12.4. The van der Waals surface area contributed by atoms with Gasteiger partial charge in [0.05, 0.1) is 20.6 Å². The highest BCUT2D eigenvalue weighted by molar-refractivity contribution is 6.02. The summed E-state index contributed by atoms with van der Waals surface area (Å²) in [6.45, 7) is 0. The first-order chi connectivity index (χ1) is 9.67. The van der Waals surface area contributed by atoms with Crippen LogP contribution in [-0.2, 0) is 6.42 Å². The molecule has 0 aliphatic heterocycles. The van der Waals surface area contributed by atoms with Gasteiger partial charge in [0.1, 0.15) is 17.1 Å². The van der Waals surface area contributed by atoms with Crippen molar-refractivity contribution in [2.45, 2.75) is 6.42 Å². The predicted octanol–water partition coefficient (Wildman–Crippen LogP) is 1.76. The highest BCUT2D eigenvalue weighted by Gasteiger charge is 2.21. The Hall–Kier alpha value is -2.56. The Bertz CT molecular complexity index is 603. The number of Topliss-reactive ketones (excluding diaryl/α,β-unsaturated/α-hetero) is 1. The number of ether oxygens (including phenoxy) is 2. The molecule has 0 saturated heterocycles. The summed E-state index contributed by atoms with van der Waals surface area (Å²) in [5, 5.41) is 11.6. The first kappa shape index (κ1) is 13.9. The van der Waals surface area contributed by atoms with Gasteiger partial charge in [0.25, 0.3) is 0 Å². The summed E-state index contributed by atoms with van der Waals surface area (Å²) in [7, 11) is 2.98. The quantitative estimate of drug-likeness (QED) is 0.473. The molecule has 0 aliphatic carbocycles. The Morgan fingerprint density at radius 2 is 1.75 bits per heavy atom. The topological polar surface area (TPSA) is 62.5 Å². The molecule has 2 rings (SSSR count). The number of carbonyl (C=O) groups is 1. The molecular formula is C15H15NO4. The van der Waals surface area contributed by atoms with Gasteiger partial charge in [-0.15, -0.1) is 0 Å². The van der Waals surface area contributed by atoms with Crippen LogP contribution in [0.3, 0.4) is 0 Å². The second-order valence-corrected chi connectivity index (χ2v) is 4.16. The maximum absolute atomic E-state index is 12.4. The molecule has 104 valence electrons. The number of nitrogens with zero attached hydrogens (tertiary/aromatic N) is 1.